The Hall–Kier alpha value is -2.92. The van der Waals surface area contributed by atoms with Gasteiger partial charge in [-0.3, -0.25) is 4.79 Å². The third-order valence-electron chi connectivity index (χ3n) is 7.70. The highest BCUT2D eigenvalue weighted by Gasteiger charge is 2.57. The predicted molar refractivity (Wildman–Crippen MR) is 149 cm³/mol. The number of alkyl halides is 3. The fraction of sp³-hybridized carbons (Fsp3) is 0.444. The predicted octanol–water partition coefficient (Wildman–Crippen LogP) is 5.80. The Morgan fingerprint density at radius 1 is 1.05 bits per heavy atom. The molecule has 230 valence electrons. The van der Waals surface area contributed by atoms with Crippen molar-refractivity contribution in [1.29, 1.82) is 5.26 Å². The van der Waals surface area contributed by atoms with E-state index in [2.05, 4.69) is 10.1 Å². The first kappa shape index (κ1) is 31.5. The minimum absolute atomic E-state index is 0.232. The molecule has 1 heterocycles. The molecule has 16 heteroatoms. The fourth-order valence-electron chi connectivity index (χ4n) is 5.02. The zero-order chi connectivity index (χ0) is 31.4. The number of hydrogen-bond acceptors (Lipinski definition) is 7. The largest absolute Gasteiger partial charge is 0.484 e. The van der Waals surface area contributed by atoms with Crippen molar-refractivity contribution in [2.45, 2.75) is 65.6 Å². The SMILES string of the molecule is N#CC1(NC(=O)O[C@H]2C[C@@H](S(=O)(=O)c3ccc(OCC(F)(F)F)cc3Cl)CN2C(=O)C2(c3ccc(Cl)c(Cl)c3)CC2)CC1. The average Bonchev–Trinajstić information content (AvgIpc) is 3.85. The molecular formula is C27H23Cl3F3N3O6S. The van der Waals surface area contributed by atoms with E-state index in [4.69, 9.17) is 39.5 Å². The normalized spacial score (nSPS) is 21.9. The van der Waals surface area contributed by atoms with Gasteiger partial charge in [0.2, 0.25) is 5.91 Å². The van der Waals surface area contributed by atoms with E-state index >= 15 is 0 Å². The van der Waals surface area contributed by atoms with Crippen LogP contribution in [0, 0.1) is 11.3 Å². The lowest BCUT2D eigenvalue weighted by Crippen LogP contribution is -2.46. The number of sulfone groups is 1. The number of rotatable bonds is 8. The van der Waals surface area contributed by atoms with Crippen LogP contribution >= 0.6 is 34.8 Å². The molecule has 3 fully saturated rings. The molecule has 2 aromatic rings. The lowest BCUT2D eigenvalue weighted by molar-refractivity contribution is -0.153. The van der Waals surface area contributed by atoms with E-state index in [0.29, 0.717) is 31.2 Å². The summed E-state index contributed by atoms with van der Waals surface area (Å²) < 4.78 is 75.2. The van der Waals surface area contributed by atoms with Crippen LogP contribution in [0.1, 0.15) is 37.7 Å². The highest BCUT2D eigenvalue weighted by molar-refractivity contribution is 7.92. The first-order valence-corrected chi connectivity index (χ1v) is 15.7. The quantitative estimate of drug-likeness (QED) is 0.374. The summed E-state index contributed by atoms with van der Waals surface area (Å²) in [5, 5.41) is 10.6. The zero-order valence-electron chi connectivity index (χ0n) is 22.1. The number of carbonyl (C=O) groups excluding carboxylic acids is 2. The molecule has 9 nitrogen and oxygen atoms in total. The molecule has 1 saturated heterocycles. The summed E-state index contributed by atoms with van der Waals surface area (Å²) in [4.78, 5) is 27.5. The van der Waals surface area contributed by atoms with E-state index in [1.54, 1.807) is 18.2 Å². The number of halogens is 6. The molecule has 0 aromatic heterocycles. The maximum Gasteiger partial charge on any atom is 0.422 e. The summed E-state index contributed by atoms with van der Waals surface area (Å²) in [6.45, 7) is -1.96. The van der Waals surface area contributed by atoms with Gasteiger partial charge in [-0.2, -0.15) is 18.4 Å². The molecule has 0 spiro atoms. The van der Waals surface area contributed by atoms with Crippen LogP contribution in [0.2, 0.25) is 15.1 Å². The van der Waals surface area contributed by atoms with Crippen molar-refractivity contribution in [2.75, 3.05) is 13.2 Å². The lowest BCUT2D eigenvalue weighted by atomic mass is 9.94. The minimum atomic E-state index is -4.61. The standard InChI is InChI=1S/C27H23Cl3F3N3O6S/c28-18-3-1-15(9-19(18)29)26(7-8-26)23(37)36-12-17(11-22(36)42-24(38)35-25(13-34)5-6-25)43(39,40)21-4-2-16(10-20(21)30)41-14-27(31,32)33/h1-4,9-10,17,22H,5-8,11-12,14H2,(H,35,38)/t17-,22+/m1/s1. The van der Waals surface area contributed by atoms with Crippen LogP contribution in [-0.4, -0.2) is 61.7 Å². The topological polar surface area (TPSA) is 126 Å². The van der Waals surface area contributed by atoms with E-state index in [0.717, 1.165) is 18.2 Å². The third kappa shape index (κ3) is 6.48. The number of benzene rings is 2. The van der Waals surface area contributed by atoms with E-state index in [1.807, 2.05) is 6.07 Å². The highest BCUT2D eigenvalue weighted by atomic mass is 35.5. The van der Waals surface area contributed by atoms with Crippen molar-refractivity contribution < 1.29 is 40.7 Å². The Morgan fingerprint density at radius 3 is 2.30 bits per heavy atom. The second-order valence-electron chi connectivity index (χ2n) is 10.7. The summed E-state index contributed by atoms with van der Waals surface area (Å²) in [6, 6.07) is 9.78. The van der Waals surface area contributed by atoms with Crippen LogP contribution in [0.25, 0.3) is 0 Å². The van der Waals surface area contributed by atoms with Crippen molar-refractivity contribution in [3.05, 3.63) is 57.0 Å². The monoisotopic (exact) mass is 679 g/mol. The highest BCUT2D eigenvalue weighted by Crippen LogP contribution is 2.52. The summed E-state index contributed by atoms with van der Waals surface area (Å²) >= 11 is 18.4. The molecule has 1 aliphatic heterocycles. The molecule has 2 atom stereocenters. The Labute approximate surface area is 259 Å². The number of hydrogen-bond donors (Lipinski definition) is 1. The Morgan fingerprint density at radius 2 is 1.74 bits per heavy atom. The number of ether oxygens (including phenoxy) is 2. The van der Waals surface area contributed by atoms with Gasteiger partial charge < -0.3 is 19.7 Å². The number of amides is 2. The van der Waals surface area contributed by atoms with E-state index < -0.39 is 57.1 Å². The first-order valence-electron chi connectivity index (χ1n) is 13.0. The van der Waals surface area contributed by atoms with E-state index in [9.17, 15) is 36.4 Å². The molecule has 3 aliphatic rings. The van der Waals surface area contributed by atoms with Gasteiger partial charge in [-0.1, -0.05) is 40.9 Å². The van der Waals surface area contributed by atoms with Crippen LogP contribution in [0.5, 0.6) is 5.75 Å². The van der Waals surface area contributed by atoms with Gasteiger partial charge in [-0.15, -0.1) is 0 Å². The number of carbonyl (C=O) groups is 2. The molecule has 2 amide bonds. The number of nitrogens with zero attached hydrogens (tertiary/aromatic N) is 2. The molecule has 2 aliphatic carbocycles. The van der Waals surface area contributed by atoms with Gasteiger partial charge in [0.25, 0.3) is 0 Å². The first-order chi connectivity index (χ1) is 20.1. The molecular weight excluding hydrogens is 658 g/mol. The maximum absolute atomic E-state index is 14.0. The summed E-state index contributed by atoms with van der Waals surface area (Å²) in [5.74, 6) is -0.768. The van der Waals surface area contributed by atoms with Gasteiger partial charge in [0, 0.05) is 19.0 Å². The average molecular weight is 681 g/mol. The molecule has 2 saturated carbocycles. The molecule has 0 bridgehead atoms. The Kier molecular flexibility index (Phi) is 8.22. The van der Waals surface area contributed by atoms with Crippen LogP contribution in [0.15, 0.2) is 41.3 Å². The summed E-state index contributed by atoms with van der Waals surface area (Å²) in [6.07, 6.45) is -5.52. The molecule has 0 unspecified atom stereocenters. The zero-order valence-corrected chi connectivity index (χ0v) is 25.2. The van der Waals surface area contributed by atoms with Crippen molar-refractivity contribution in [2.24, 2.45) is 0 Å². The second-order valence-corrected chi connectivity index (χ2v) is 14.2. The number of nitrogens with one attached hydrogen (secondary N) is 1. The lowest BCUT2D eigenvalue weighted by Gasteiger charge is -2.29. The smallest absolute Gasteiger partial charge is 0.422 e. The van der Waals surface area contributed by atoms with Gasteiger partial charge in [-0.05, 0) is 55.5 Å². The second kappa shape index (κ2) is 11.2. The summed E-state index contributed by atoms with van der Waals surface area (Å²) in [5.41, 5.74) is -1.54. The van der Waals surface area contributed by atoms with Crippen molar-refractivity contribution >= 4 is 56.6 Å². The van der Waals surface area contributed by atoms with Crippen molar-refractivity contribution in [1.82, 2.24) is 10.2 Å². The third-order valence-corrected chi connectivity index (χ3v) is 11.1. The van der Waals surface area contributed by atoms with E-state index in [1.165, 1.54) is 4.90 Å². The number of nitriles is 1. The van der Waals surface area contributed by atoms with Crippen LogP contribution < -0.4 is 10.1 Å². The van der Waals surface area contributed by atoms with Gasteiger partial charge >= 0.3 is 12.3 Å². The van der Waals surface area contributed by atoms with Gasteiger partial charge in [0.05, 0.1) is 36.7 Å². The molecule has 1 N–H and O–H groups in total. The number of likely N-dealkylation sites (tertiary alicyclic amines) is 1. The Balaban J connectivity index is 1.41. The Bertz CT molecular complexity index is 1620. The van der Waals surface area contributed by atoms with Crippen molar-refractivity contribution in [3.8, 4) is 11.8 Å². The van der Waals surface area contributed by atoms with Crippen LogP contribution in [-0.2, 0) is 24.8 Å². The molecule has 2 aromatic carbocycles. The fourth-order valence-corrected chi connectivity index (χ4v) is 7.53. The molecule has 5 rings (SSSR count). The van der Waals surface area contributed by atoms with Crippen molar-refractivity contribution in [3.63, 3.8) is 0 Å². The van der Waals surface area contributed by atoms with Crippen LogP contribution in [0.3, 0.4) is 0 Å². The van der Waals surface area contributed by atoms with Gasteiger partial charge in [0.1, 0.15) is 11.3 Å². The van der Waals surface area contributed by atoms with Crippen LogP contribution in [0.4, 0.5) is 18.0 Å². The van der Waals surface area contributed by atoms with Gasteiger partial charge in [0.15, 0.2) is 22.7 Å². The molecule has 43 heavy (non-hydrogen) atoms. The minimum Gasteiger partial charge on any atom is -0.484 e. The molecule has 0 radical (unpaired) electrons. The summed E-state index contributed by atoms with van der Waals surface area (Å²) in [7, 11) is -4.30. The van der Waals surface area contributed by atoms with Gasteiger partial charge in [-0.25, -0.2) is 13.2 Å². The van der Waals surface area contributed by atoms with E-state index in [-0.39, 0.29) is 38.7 Å². The maximum atomic E-state index is 14.0. The number of alkyl carbamates (subject to hydrolysis) is 1.